The number of para-hydroxylation sites is 1. The second-order valence-corrected chi connectivity index (χ2v) is 9.34. The fraction of sp³-hybridized carbons (Fsp3) is 0.346. The highest BCUT2D eigenvalue weighted by Crippen LogP contribution is 2.38. The third-order valence-electron chi connectivity index (χ3n) is 6.92. The van der Waals surface area contributed by atoms with Gasteiger partial charge in [-0.15, -0.1) is 0 Å². The number of carboxylic acids is 2. The average Bonchev–Trinajstić information content (AvgIpc) is 3.30. The van der Waals surface area contributed by atoms with Gasteiger partial charge in [-0.25, -0.2) is 19.4 Å². The minimum atomic E-state index is -2.36. The fourth-order valence-corrected chi connectivity index (χ4v) is 4.59. The van der Waals surface area contributed by atoms with E-state index in [4.69, 9.17) is 40.4 Å². The van der Waals surface area contributed by atoms with Crippen molar-refractivity contribution in [2.75, 3.05) is 0 Å². The fourth-order valence-electron chi connectivity index (χ4n) is 4.59. The molecule has 4 heterocycles. The van der Waals surface area contributed by atoms with Crippen LogP contribution >= 0.6 is 0 Å². The van der Waals surface area contributed by atoms with Gasteiger partial charge < -0.3 is 45.0 Å². The average molecular weight is 558 g/mol. The third kappa shape index (κ3) is 4.82. The normalized spacial score (nSPS) is 20.1. The van der Waals surface area contributed by atoms with Crippen molar-refractivity contribution in [1.29, 1.82) is 0 Å². The van der Waals surface area contributed by atoms with E-state index >= 15 is 0 Å². The molecule has 2 aliphatic rings. The molecular formula is C26H26N2O12. The van der Waals surface area contributed by atoms with Crippen molar-refractivity contribution in [1.82, 2.24) is 9.55 Å². The van der Waals surface area contributed by atoms with Crippen molar-refractivity contribution >= 4 is 28.8 Å². The number of rotatable bonds is 6. The summed E-state index contributed by atoms with van der Waals surface area (Å²) in [7, 11) is 0. The summed E-state index contributed by atoms with van der Waals surface area (Å²) in [6, 6.07) is 11.6. The van der Waals surface area contributed by atoms with Gasteiger partial charge in [0.05, 0.1) is 29.0 Å². The number of fused-ring (bicyclic) bond motifs is 5. The lowest BCUT2D eigenvalue weighted by atomic mass is 9.86. The number of ether oxygens (including phenoxy) is 1. The van der Waals surface area contributed by atoms with Gasteiger partial charge >= 0.3 is 17.9 Å². The van der Waals surface area contributed by atoms with E-state index in [0.717, 1.165) is 22.2 Å². The van der Waals surface area contributed by atoms with E-state index in [1.165, 1.54) is 0 Å². The van der Waals surface area contributed by atoms with E-state index in [9.17, 15) is 24.3 Å². The molecule has 3 aromatic rings. The molecule has 212 valence electrons. The van der Waals surface area contributed by atoms with E-state index in [1.54, 1.807) is 17.6 Å². The lowest BCUT2D eigenvalue weighted by molar-refractivity contribution is -0.172. The maximum atomic E-state index is 13.0. The number of nitrogens with zero attached hydrogens (tertiary/aromatic N) is 2. The molecule has 0 saturated carbocycles. The number of benzene rings is 1. The molecule has 7 N–H and O–H groups in total. The van der Waals surface area contributed by atoms with Crippen LogP contribution in [0.25, 0.3) is 22.3 Å². The molecule has 0 amide bonds. The summed E-state index contributed by atoms with van der Waals surface area (Å²) in [5.74, 6) is -4.38. The number of hydrogen-bond donors (Lipinski definition) is 7. The van der Waals surface area contributed by atoms with Gasteiger partial charge in [0.1, 0.15) is 18.8 Å². The first-order chi connectivity index (χ1) is 18.8. The number of carbonyl (C=O) groups excluding carboxylic acids is 1. The summed E-state index contributed by atoms with van der Waals surface area (Å²) in [5, 5.41) is 63.3. The molecule has 1 aromatic carbocycles. The summed E-state index contributed by atoms with van der Waals surface area (Å²) >= 11 is 0. The molecule has 2 aromatic heterocycles. The van der Waals surface area contributed by atoms with Crippen molar-refractivity contribution in [3.8, 4) is 11.4 Å². The molecular weight excluding hydrogens is 532 g/mol. The molecule has 40 heavy (non-hydrogen) atoms. The van der Waals surface area contributed by atoms with Gasteiger partial charge in [0.25, 0.3) is 5.56 Å². The SMILES string of the molecule is CC[C@@]1(O)C(=O)OCc2c1cc1n(c2=O)Cc2cc3ccccc3nc2-1.O=C(O)[C@@H](O)[C@H](O)[C@H](O)[C@@H](O)C(=O)O. The van der Waals surface area contributed by atoms with Gasteiger partial charge in [-0.2, -0.15) is 0 Å². The molecule has 0 radical (unpaired) electrons. The van der Waals surface area contributed by atoms with E-state index < -0.39 is 47.9 Å². The molecule has 0 fully saturated rings. The molecule has 14 heteroatoms. The zero-order chi connectivity index (χ0) is 29.5. The zero-order valence-corrected chi connectivity index (χ0v) is 21.0. The van der Waals surface area contributed by atoms with Crippen LogP contribution in [-0.2, 0) is 37.9 Å². The minimum absolute atomic E-state index is 0.110. The number of aliphatic carboxylic acids is 2. The standard InChI is InChI=1S/C20H16N2O4.C6H10O8/c1-2-20(25)14-8-16-17-12(7-11-5-3-4-6-15(11)21-17)9-22(16)18(23)13(14)10-26-19(20)24;7-1(3(9)5(11)12)2(8)4(10)6(13)14/h3-8,25H,2,9-10H2,1H3;1-4,7-10H,(H,11,12)(H,13,14)/t20-;1-,2+,3+,4-/m0./s1. The van der Waals surface area contributed by atoms with Crippen LogP contribution in [0.4, 0.5) is 0 Å². The number of pyridine rings is 2. The number of aliphatic hydroxyl groups is 5. The Kier molecular flexibility index (Phi) is 7.74. The highest BCUT2D eigenvalue weighted by atomic mass is 16.6. The van der Waals surface area contributed by atoms with Crippen LogP contribution in [0.1, 0.15) is 30.0 Å². The zero-order valence-electron chi connectivity index (χ0n) is 21.0. The first-order valence-corrected chi connectivity index (χ1v) is 12.1. The molecule has 2 aliphatic heterocycles. The summed E-state index contributed by atoms with van der Waals surface area (Å²) in [5.41, 5.74) is 1.81. The number of cyclic esters (lactones) is 1. The summed E-state index contributed by atoms with van der Waals surface area (Å²) < 4.78 is 6.72. The Morgan fingerprint density at radius 3 is 2.20 bits per heavy atom. The van der Waals surface area contributed by atoms with Crippen molar-refractivity contribution in [3.05, 3.63) is 63.4 Å². The maximum Gasteiger partial charge on any atom is 0.343 e. The van der Waals surface area contributed by atoms with Crippen LogP contribution in [0.2, 0.25) is 0 Å². The number of hydrogen-bond acceptors (Lipinski definition) is 11. The number of carboxylic acid groups (broad SMARTS) is 2. The Labute approximate surface area is 225 Å². The first-order valence-electron chi connectivity index (χ1n) is 12.1. The molecule has 0 bridgehead atoms. The van der Waals surface area contributed by atoms with Crippen LogP contribution in [0.5, 0.6) is 0 Å². The van der Waals surface area contributed by atoms with Gasteiger partial charge in [0.15, 0.2) is 17.8 Å². The molecule has 0 saturated heterocycles. The van der Waals surface area contributed by atoms with E-state index in [2.05, 4.69) is 0 Å². The highest BCUT2D eigenvalue weighted by Gasteiger charge is 2.45. The van der Waals surface area contributed by atoms with Crippen LogP contribution in [0.15, 0.2) is 41.2 Å². The Morgan fingerprint density at radius 2 is 1.62 bits per heavy atom. The van der Waals surface area contributed by atoms with Crippen LogP contribution in [0, 0.1) is 0 Å². The van der Waals surface area contributed by atoms with Crippen LogP contribution in [0.3, 0.4) is 0 Å². The minimum Gasteiger partial charge on any atom is -0.479 e. The third-order valence-corrected chi connectivity index (χ3v) is 6.92. The quantitative estimate of drug-likeness (QED) is 0.136. The van der Waals surface area contributed by atoms with Crippen molar-refractivity contribution in [2.24, 2.45) is 0 Å². The Balaban J connectivity index is 0.000000227. The number of aromatic nitrogens is 2. The molecule has 5 rings (SSSR count). The predicted octanol–water partition coefficient (Wildman–Crippen LogP) is -1.32. The smallest absolute Gasteiger partial charge is 0.343 e. The van der Waals surface area contributed by atoms with Crippen molar-refractivity contribution in [3.63, 3.8) is 0 Å². The molecule has 14 nitrogen and oxygen atoms in total. The van der Waals surface area contributed by atoms with Gasteiger partial charge in [-0.1, -0.05) is 25.1 Å². The number of esters is 1. The molecule has 0 unspecified atom stereocenters. The topological polar surface area (TPSA) is 237 Å². The number of carbonyl (C=O) groups is 3. The summed E-state index contributed by atoms with van der Waals surface area (Å²) in [6.45, 7) is 2.01. The number of aliphatic hydroxyl groups excluding tert-OH is 4. The molecule has 5 atom stereocenters. The molecule has 0 aliphatic carbocycles. The van der Waals surface area contributed by atoms with Crippen LogP contribution < -0.4 is 5.56 Å². The highest BCUT2D eigenvalue weighted by molar-refractivity contribution is 5.86. The maximum absolute atomic E-state index is 13.0. The van der Waals surface area contributed by atoms with E-state index in [-0.39, 0.29) is 18.6 Å². The lowest BCUT2D eigenvalue weighted by Gasteiger charge is -2.31. The van der Waals surface area contributed by atoms with Gasteiger partial charge in [0.2, 0.25) is 0 Å². The van der Waals surface area contributed by atoms with E-state index in [0.29, 0.717) is 23.4 Å². The monoisotopic (exact) mass is 558 g/mol. The summed E-state index contributed by atoms with van der Waals surface area (Å²) in [4.78, 5) is 50.1. The lowest BCUT2D eigenvalue weighted by Crippen LogP contribution is -2.49. The Morgan fingerprint density at radius 1 is 1.02 bits per heavy atom. The van der Waals surface area contributed by atoms with E-state index in [1.807, 2.05) is 30.3 Å². The van der Waals surface area contributed by atoms with Crippen molar-refractivity contribution in [2.45, 2.75) is 56.5 Å². The second-order valence-electron chi connectivity index (χ2n) is 9.34. The van der Waals surface area contributed by atoms with Gasteiger partial charge in [-0.05, 0) is 24.6 Å². The van der Waals surface area contributed by atoms with Gasteiger partial charge in [0, 0.05) is 16.5 Å². The molecule has 0 spiro atoms. The van der Waals surface area contributed by atoms with Crippen molar-refractivity contribution < 1.29 is 54.9 Å². The predicted molar refractivity (Wildman–Crippen MR) is 134 cm³/mol. The first kappa shape index (κ1) is 28.8. The van der Waals surface area contributed by atoms with Gasteiger partial charge in [-0.3, -0.25) is 4.79 Å². The second kappa shape index (κ2) is 10.7. The largest absolute Gasteiger partial charge is 0.479 e. The Hall–Kier alpha value is -4.21. The Bertz CT molecular complexity index is 1540. The van der Waals surface area contributed by atoms with Crippen LogP contribution in [-0.4, -0.2) is 87.6 Å². The summed E-state index contributed by atoms with van der Waals surface area (Å²) in [6.07, 6.45) is -9.14.